The summed E-state index contributed by atoms with van der Waals surface area (Å²) in [5, 5.41) is 14.7. The van der Waals surface area contributed by atoms with Crippen LogP contribution in [0.3, 0.4) is 0 Å². The van der Waals surface area contributed by atoms with E-state index in [-0.39, 0.29) is 6.10 Å². The second kappa shape index (κ2) is 8.37. The Balaban J connectivity index is 1.45. The third-order valence-electron chi connectivity index (χ3n) is 4.63. The molecule has 130 valence electrons. The fraction of sp³-hybridized carbons (Fsp3) is 0.556. The minimum Gasteiger partial charge on any atom is -0.390 e. The predicted octanol–water partition coefficient (Wildman–Crippen LogP) is 1.24. The molecule has 2 aromatic rings. The van der Waals surface area contributed by atoms with E-state index >= 15 is 0 Å². The van der Waals surface area contributed by atoms with Crippen molar-refractivity contribution in [2.45, 2.75) is 38.1 Å². The number of nitrogens with zero attached hydrogens (tertiary/aromatic N) is 5. The zero-order chi connectivity index (χ0) is 16.8. The second-order valence-electron chi connectivity index (χ2n) is 6.74. The molecule has 1 saturated heterocycles. The van der Waals surface area contributed by atoms with Gasteiger partial charge in [-0.05, 0) is 32.0 Å². The number of aliphatic hydroxyl groups excluding tert-OH is 1. The Hall–Kier alpha value is -1.76. The highest BCUT2D eigenvalue weighted by atomic mass is 16.3. The lowest BCUT2D eigenvalue weighted by Crippen LogP contribution is -2.42. The van der Waals surface area contributed by atoms with Crippen LogP contribution >= 0.6 is 0 Å². The molecule has 24 heavy (non-hydrogen) atoms. The summed E-state index contributed by atoms with van der Waals surface area (Å²) in [5.74, 6) is 0. The Bertz CT molecular complexity index is 589. The van der Waals surface area contributed by atoms with E-state index in [4.69, 9.17) is 0 Å². The Kier molecular flexibility index (Phi) is 5.96. The van der Waals surface area contributed by atoms with Gasteiger partial charge in [0, 0.05) is 25.7 Å². The first-order valence-corrected chi connectivity index (χ1v) is 8.67. The summed E-state index contributed by atoms with van der Waals surface area (Å²) in [5.41, 5.74) is 1.28. The molecule has 1 fully saturated rings. The summed E-state index contributed by atoms with van der Waals surface area (Å²) in [7, 11) is 2.06. The third kappa shape index (κ3) is 4.87. The van der Waals surface area contributed by atoms with Gasteiger partial charge in [-0.15, -0.1) is 0 Å². The Morgan fingerprint density at radius 1 is 1.33 bits per heavy atom. The standard InChI is InChI=1S/C18H27N5O/c1-21(10-16-6-3-2-4-7-16)12-18(24)13-22-9-5-8-17(22)11-23-15-19-14-20-23/h2-4,6-7,14-15,17-18,24H,5,8-13H2,1H3/t17-,18-/m1/s1. The van der Waals surface area contributed by atoms with Crippen LogP contribution in [0, 0.1) is 0 Å². The zero-order valence-electron chi connectivity index (χ0n) is 14.3. The molecule has 2 heterocycles. The van der Waals surface area contributed by atoms with Crippen molar-refractivity contribution >= 4 is 0 Å². The molecule has 6 nitrogen and oxygen atoms in total. The maximum atomic E-state index is 10.5. The van der Waals surface area contributed by atoms with E-state index in [0.717, 1.165) is 32.6 Å². The van der Waals surface area contributed by atoms with Gasteiger partial charge in [0.05, 0.1) is 12.6 Å². The zero-order valence-corrected chi connectivity index (χ0v) is 14.3. The fourth-order valence-electron chi connectivity index (χ4n) is 3.53. The van der Waals surface area contributed by atoms with Gasteiger partial charge in [-0.2, -0.15) is 5.10 Å². The van der Waals surface area contributed by atoms with Gasteiger partial charge >= 0.3 is 0 Å². The summed E-state index contributed by atoms with van der Waals surface area (Å²) in [6, 6.07) is 10.8. The summed E-state index contributed by atoms with van der Waals surface area (Å²) in [4.78, 5) is 8.58. The van der Waals surface area contributed by atoms with E-state index < -0.39 is 0 Å². The molecular formula is C18H27N5O. The SMILES string of the molecule is CN(Cc1ccccc1)C[C@@H](O)CN1CCC[C@@H]1Cn1cncn1. The van der Waals surface area contributed by atoms with Crippen LogP contribution in [0.25, 0.3) is 0 Å². The van der Waals surface area contributed by atoms with Gasteiger partial charge < -0.3 is 5.11 Å². The van der Waals surface area contributed by atoms with Gasteiger partial charge in [0.2, 0.25) is 0 Å². The number of hydrogen-bond donors (Lipinski definition) is 1. The number of β-amino-alcohol motifs (C(OH)–C–C–N with tert-alkyl or cyclic N) is 1. The van der Waals surface area contributed by atoms with Crippen LogP contribution in [-0.2, 0) is 13.1 Å². The van der Waals surface area contributed by atoms with Gasteiger partial charge in [-0.25, -0.2) is 4.98 Å². The first-order valence-electron chi connectivity index (χ1n) is 8.67. The lowest BCUT2D eigenvalue weighted by atomic mass is 10.2. The summed E-state index contributed by atoms with van der Waals surface area (Å²) < 4.78 is 1.89. The molecule has 0 saturated carbocycles. The first-order chi connectivity index (χ1) is 11.7. The molecule has 0 bridgehead atoms. The first kappa shape index (κ1) is 17.1. The number of hydrogen-bond acceptors (Lipinski definition) is 5. The van der Waals surface area contributed by atoms with Crippen molar-refractivity contribution in [3.63, 3.8) is 0 Å². The van der Waals surface area contributed by atoms with Crippen molar-refractivity contribution in [3.05, 3.63) is 48.5 Å². The highest BCUT2D eigenvalue weighted by Gasteiger charge is 2.27. The third-order valence-corrected chi connectivity index (χ3v) is 4.63. The van der Waals surface area contributed by atoms with Crippen LogP contribution in [0.1, 0.15) is 18.4 Å². The van der Waals surface area contributed by atoms with E-state index in [1.807, 2.05) is 10.7 Å². The molecule has 0 unspecified atom stereocenters. The van der Waals surface area contributed by atoms with E-state index in [1.165, 1.54) is 12.0 Å². The molecule has 0 spiro atoms. The van der Waals surface area contributed by atoms with Crippen LogP contribution in [0.5, 0.6) is 0 Å². The van der Waals surface area contributed by atoms with Gasteiger partial charge in [-0.3, -0.25) is 14.5 Å². The Morgan fingerprint density at radius 3 is 2.92 bits per heavy atom. The molecule has 2 atom stereocenters. The van der Waals surface area contributed by atoms with Crippen molar-refractivity contribution in [1.82, 2.24) is 24.6 Å². The smallest absolute Gasteiger partial charge is 0.137 e. The number of benzene rings is 1. The Labute approximate surface area is 143 Å². The molecule has 1 aliphatic heterocycles. The van der Waals surface area contributed by atoms with Crippen LogP contribution in [0.2, 0.25) is 0 Å². The van der Waals surface area contributed by atoms with E-state index in [2.05, 4.69) is 51.2 Å². The fourth-order valence-corrected chi connectivity index (χ4v) is 3.53. The van der Waals surface area contributed by atoms with Crippen molar-refractivity contribution < 1.29 is 5.11 Å². The lowest BCUT2D eigenvalue weighted by Gasteiger charge is -2.28. The van der Waals surface area contributed by atoms with Crippen LogP contribution < -0.4 is 0 Å². The molecule has 3 rings (SSSR count). The van der Waals surface area contributed by atoms with Crippen molar-refractivity contribution in [2.24, 2.45) is 0 Å². The van der Waals surface area contributed by atoms with Crippen molar-refractivity contribution in [2.75, 3.05) is 26.7 Å². The average Bonchev–Trinajstić information content (AvgIpc) is 3.21. The Morgan fingerprint density at radius 2 is 2.17 bits per heavy atom. The van der Waals surface area contributed by atoms with Gasteiger partial charge in [0.25, 0.3) is 0 Å². The quantitative estimate of drug-likeness (QED) is 0.789. The summed E-state index contributed by atoms with van der Waals surface area (Å²) in [6.07, 6.45) is 5.35. The average molecular weight is 329 g/mol. The maximum absolute atomic E-state index is 10.5. The predicted molar refractivity (Wildman–Crippen MR) is 93.4 cm³/mol. The molecule has 1 aromatic heterocycles. The topological polar surface area (TPSA) is 57.4 Å². The lowest BCUT2D eigenvalue weighted by molar-refractivity contribution is 0.0716. The number of likely N-dealkylation sites (N-methyl/N-ethyl adjacent to an activating group) is 1. The minimum atomic E-state index is -0.338. The summed E-state index contributed by atoms with van der Waals surface area (Å²) in [6.45, 7) is 4.17. The normalized spacial score (nSPS) is 19.9. The van der Waals surface area contributed by atoms with Crippen molar-refractivity contribution in [1.29, 1.82) is 0 Å². The number of rotatable bonds is 8. The highest BCUT2D eigenvalue weighted by molar-refractivity contribution is 5.14. The van der Waals surface area contributed by atoms with Gasteiger partial charge in [-0.1, -0.05) is 30.3 Å². The molecular weight excluding hydrogens is 302 g/mol. The molecule has 1 aromatic carbocycles. The summed E-state index contributed by atoms with van der Waals surface area (Å²) >= 11 is 0. The van der Waals surface area contributed by atoms with Crippen molar-refractivity contribution in [3.8, 4) is 0 Å². The number of aliphatic hydroxyl groups is 1. The van der Waals surface area contributed by atoms with Gasteiger partial charge in [0.15, 0.2) is 0 Å². The van der Waals surface area contributed by atoms with E-state index in [0.29, 0.717) is 12.6 Å². The molecule has 0 radical (unpaired) electrons. The van der Waals surface area contributed by atoms with Crippen LogP contribution in [-0.4, -0.2) is 68.5 Å². The molecule has 1 N–H and O–H groups in total. The largest absolute Gasteiger partial charge is 0.390 e. The maximum Gasteiger partial charge on any atom is 0.137 e. The minimum absolute atomic E-state index is 0.338. The van der Waals surface area contributed by atoms with E-state index in [9.17, 15) is 5.11 Å². The second-order valence-corrected chi connectivity index (χ2v) is 6.74. The molecule has 0 amide bonds. The molecule has 0 aliphatic carbocycles. The van der Waals surface area contributed by atoms with E-state index in [1.54, 1.807) is 12.7 Å². The van der Waals surface area contributed by atoms with Crippen LogP contribution in [0.4, 0.5) is 0 Å². The number of aromatic nitrogens is 3. The van der Waals surface area contributed by atoms with Gasteiger partial charge in [0.1, 0.15) is 12.7 Å². The monoisotopic (exact) mass is 329 g/mol. The van der Waals surface area contributed by atoms with Crippen LogP contribution in [0.15, 0.2) is 43.0 Å². The molecule has 1 aliphatic rings. The molecule has 6 heteroatoms. The number of likely N-dealkylation sites (tertiary alicyclic amines) is 1. The highest BCUT2D eigenvalue weighted by Crippen LogP contribution is 2.19.